The topological polar surface area (TPSA) is 80.4 Å². The van der Waals surface area contributed by atoms with Gasteiger partial charge in [0.15, 0.2) is 0 Å². The van der Waals surface area contributed by atoms with Crippen molar-refractivity contribution in [1.29, 1.82) is 0 Å². The first-order valence-corrected chi connectivity index (χ1v) is 4.88. The number of hydrogen-bond donors (Lipinski definition) is 3. The second-order valence-corrected chi connectivity index (χ2v) is 5.02. The zero-order valence-electron chi connectivity index (χ0n) is 6.06. The van der Waals surface area contributed by atoms with Gasteiger partial charge in [0.2, 0.25) is 0 Å². The zero-order chi connectivity index (χ0) is 9.02. The van der Waals surface area contributed by atoms with Gasteiger partial charge in [-0.15, -0.1) is 0 Å². The molecular formula is C5H11NO3S2. The fraction of sp³-hybridized carbons (Fsp3) is 0.800. The molecule has 11 heavy (non-hydrogen) atoms. The Morgan fingerprint density at radius 2 is 2.27 bits per heavy atom. The Labute approximate surface area is 73.0 Å². The summed E-state index contributed by atoms with van der Waals surface area (Å²) in [6.07, 6.45) is 0. The molecule has 4 nitrogen and oxygen atoms in total. The van der Waals surface area contributed by atoms with Gasteiger partial charge in [0.05, 0.1) is 10.3 Å². The molecule has 2 unspecified atom stereocenters. The first-order valence-electron chi connectivity index (χ1n) is 2.98. The average molecular weight is 197 g/mol. The van der Waals surface area contributed by atoms with Crippen molar-refractivity contribution in [3.8, 4) is 0 Å². The third-order valence-electron chi connectivity index (χ3n) is 1.04. The summed E-state index contributed by atoms with van der Waals surface area (Å²) < 4.78 is 10.6. The van der Waals surface area contributed by atoms with E-state index >= 15 is 0 Å². The lowest BCUT2D eigenvalue weighted by Gasteiger charge is -2.07. The lowest BCUT2D eigenvalue weighted by molar-refractivity contribution is -0.137. The number of carbonyl (C=O) groups is 1. The fourth-order valence-corrected chi connectivity index (χ4v) is 1.42. The summed E-state index contributed by atoms with van der Waals surface area (Å²) in [6, 6.07) is -1.05. The lowest BCUT2D eigenvalue weighted by atomic mass is 10.4. The van der Waals surface area contributed by atoms with Gasteiger partial charge in [-0.25, -0.2) is 0 Å². The molecule has 0 fully saturated rings. The van der Waals surface area contributed by atoms with Crippen LogP contribution in [0, 0.1) is 0 Å². The number of carboxylic acids is 1. The van der Waals surface area contributed by atoms with Crippen LogP contribution >= 0.6 is 12.6 Å². The highest BCUT2D eigenvalue weighted by molar-refractivity contribution is 8.01. The molecule has 66 valence electrons. The van der Waals surface area contributed by atoms with Gasteiger partial charge in [-0.1, -0.05) is 0 Å². The van der Waals surface area contributed by atoms with E-state index in [0.717, 1.165) is 0 Å². The lowest BCUT2D eigenvalue weighted by Crippen LogP contribution is -2.36. The molecule has 0 aromatic rings. The monoisotopic (exact) mass is 197 g/mol. The second-order valence-electron chi connectivity index (χ2n) is 2.09. The third kappa shape index (κ3) is 4.39. The number of hydrogen-bond acceptors (Lipinski definition) is 4. The molecule has 6 heteroatoms. The van der Waals surface area contributed by atoms with E-state index in [4.69, 9.17) is 10.8 Å². The smallest absolute Gasteiger partial charge is 0.321 e. The molecule has 0 aromatic heterocycles. The Hall–Kier alpha value is -0.0700. The van der Waals surface area contributed by atoms with Gasteiger partial charge in [-0.2, -0.15) is 12.6 Å². The highest BCUT2D eigenvalue weighted by Crippen LogP contribution is 2.01. The maximum atomic E-state index is 10.9. The molecule has 0 saturated carbocycles. The van der Waals surface area contributed by atoms with Gasteiger partial charge in [0, 0.05) is 10.8 Å². The predicted molar refractivity (Wildman–Crippen MR) is 47.1 cm³/mol. The van der Waals surface area contributed by atoms with E-state index in [2.05, 4.69) is 12.6 Å². The highest BCUT2D eigenvalue weighted by atomic mass is 32.2. The summed E-state index contributed by atoms with van der Waals surface area (Å²) in [6.45, 7) is 1.63. The summed E-state index contributed by atoms with van der Waals surface area (Å²) >= 11 is 3.89. The summed E-state index contributed by atoms with van der Waals surface area (Å²) in [4.78, 5) is 10.2. The van der Waals surface area contributed by atoms with Crippen molar-refractivity contribution in [3.63, 3.8) is 0 Å². The van der Waals surface area contributed by atoms with Crippen LogP contribution in [0.25, 0.3) is 0 Å². The van der Waals surface area contributed by atoms with Gasteiger partial charge in [0.25, 0.3) is 0 Å². The van der Waals surface area contributed by atoms with Crippen LogP contribution in [0.3, 0.4) is 0 Å². The van der Waals surface area contributed by atoms with Crippen molar-refractivity contribution in [1.82, 2.24) is 0 Å². The van der Waals surface area contributed by atoms with Crippen LogP contribution in [0.5, 0.6) is 0 Å². The minimum absolute atomic E-state index is 0.0417. The van der Waals surface area contributed by atoms with E-state index in [0.29, 0.717) is 0 Å². The molecule has 0 amide bonds. The van der Waals surface area contributed by atoms with Crippen molar-refractivity contribution >= 4 is 29.4 Å². The Bertz CT molecular complexity index is 171. The number of carboxylic acid groups (broad SMARTS) is 1. The highest BCUT2D eigenvalue weighted by Gasteiger charge is 2.17. The molecule has 0 rings (SSSR count). The summed E-state index contributed by atoms with van der Waals surface area (Å²) in [5, 5.41) is 8.33. The first kappa shape index (κ1) is 10.9. The number of nitrogens with two attached hydrogens (primary N) is 1. The molecule has 0 aliphatic heterocycles. The van der Waals surface area contributed by atoms with Gasteiger partial charge in [-0.3, -0.25) is 9.00 Å². The van der Waals surface area contributed by atoms with Crippen molar-refractivity contribution < 1.29 is 14.1 Å². The van der Waals surface area contributed by atoms with E-state index in [9.17, 15) is 9.00 Å². The van der Waals surface area contributed by atoms with Gasteiger partial charge in [0.1, 0.15) is 6.04 Å². The zero-order valence-corrected chi connectivity index (χ0v) is 7.77. The second kappa shape index (κ2) is 4.74. The van der Waals surface area contributed by atoms with Gasteiger partial charge < -0.3 is 10.8 Å². The van der Waals surface area contributed by atoms with Crippen LogP contribution in [0.4, 0.5) is 0 Å². The molecule has 3 atom stereocenters. The van der Waals surface area contributed by atoms with Crippen LogP contribution in [0.1, 0.15) is 6.92 Å². The van der Waals surface area contributed by atoms with Crippen LogP contribution in [0.15, 0.2) is 0 Å². The normalized spacial score (nSPS) is 18.8. The molecule has 0 saturated heterocycles. The van der Waals surface area contributed by atoms with Crippen LogP contribution in [-0.2, 0) is 15.6 Å². The third-order valence-corrected chi connectivity index (χ3v) is 3.20. The SMILES string of the molecule is CC(S)S(=O)C[C@H](N)C(=O)O. The quantitative estimate of drug-likeness (QED) is 0.527. The number of aliphatic carboxylic acids is 1. The minimum atomic E-state index is -1.26. The maximum absolute atomic E-state index is 10.9. The van der Waals surface area contributed by atoms with E-state index in [1.165, 1.54) is 0 Å². The molecule has 3 N–H and O–H groups in total. The molecule has 0 aliphatic rings. The predicted octanol–water partition coefficient (Wildman–Crippen LogP) is -0.577. The Balaban J connectivity index is 3.85. The van der Waals surface area contributed by atoms with Crippen molar-refractivity contribution in [2.24, 2.45) is 5.73 Å². The van der Waals surface area contributed by atoms with Crippen molar-refractivity contribution in [3.05, 3.63) is 0 Å². The molecular weight excluding hydrogens is 186 g/mol. The number of thiol groups is 1. The molecule has 0 aliphatic carbocycles. The standard InChI is InChI=1S/C5H11NO3S2/c1-3(10)11(9)2-4(6)5(7)8/h3-4,10H,2,6H2,1H3,(H,7,8)/t3?,4-,11?/m0/s1. The van der Waals surface area contributed by atoms with Crippen molar-refractivity contribution in [2.45, 2.75) is 17.5 Å². The molecule has 0 radical (unpaired) electrons. The molecule has 0 bridgehead atoms. The Kier molecular flexibility index (Phi) is 4.71. The summed E-state index contributed by atoms with van der Waals surface area (Å²) in [5.74, 6) is -1.17. The Morgan fingerprint density at radius 1 is 1.82 bits per heavy atom. The van der Waals surface area contributed by atoms with E-state index in [1.807, 2.05) is 0 Å². The Morgan fingerprint density at radius 3 is 2.55 bits per heavy atom. The maximum Gasteiger partial charge on any atom is 0.321 e. The molecule has 0 heterocycles. The summed E-state index contributed by atoms with van der Waals surface area (Å²) in [7, 11) is -1.26. The molecule has 0 spiro atoms. The van der Waals surface area contributed by atoms with E-state index in [1.54, 1.807) is 6.92 Å². The largest absolute Gasteiger partial charge is 0.480 e. The summed E-state index contributed by atoms with van der Waals surface area (Å²) in [5.41, 5.74) is 5.13. The van der Waals surface area contributed by atoms with E-state index in [-0.39, 0.29) is 10.3 Å². The van der Waals surface area contributed by atoms with Crippen LogP contribution < -0.4 is 5.73 Å². The van der Waals surface area contributed by atoms with Gasteiger partial charge >= 0.3 is 5.97 Å². The van der Waals surface area contributed by atoms with Crippen molar-refractivity contribution in [2.75, 3.05) is 5.75 Å². The van der Waals surface area contributed by atoms with Gasteiger partial charge in [-0.05, 0) is 6.92 Å². The van der Waals surface area contributed by atoms with E-state index < -0.39 is 22.8 Å². The number of rotatable bonds is 4. The van der Waals surface area contributed by atoms with Crippen LogP contribution in [-0.4, -0.2) is 31.7 Å². The average Bonchev–Trinajstić information content (AvgIpc) is 1.87. The minimum Gasteiger partial charge on any atom is -0.480 e. The molecule has 0 aromatic carbocycles. The fourth-order valence-electron chi connectivity index (χ4n) is 0.388. The van der Waals surface area contributed by atoms with Crippen LogP contribution in [0.2, 0.25) is 0 Å². The first-order chi connectivity index (χ1) is 4.95.